The van der Waals surface area contributed by atoms with E-state index in [-0.39, 0.29) is 24.5 Å². The molecule has 2 aromatic carbocycles. The molecular weight excluding hydrogens is 440 g/mol. The van der Waals surface area contributed by atoms with Crippen LogP contribution in [0, 0.1) is 0 Å². The smallest absolute Gasteiger partial charge is 0.240 e. The van der Waals surface area contributed by atoms with Crippen LogP contribution in [0.25, 0.3) is 10.1 Å². The van der Waals surface area contributed by atoms with Crippen LogP contribution in [0.1, 0.15) is 41.6 Å². The second-order valence-corrected chi connectivity index (χ2v) is 8.24. The van der Waals surface area contributed by atoms with Gasteiger partial charge in [0.2, 0.25) is 5.91 Å². The van der Waals surface area contributed by atoms with Crippen LogP contribution in [0.2, 0.25) is 0 Å². The van der Waals surface area contributed by atoms with Gasteiger partial charge in [-0.25, -0.2) is 5.43 Å². The van der Waals surface area contributed by atoms with Gasteiger partial charge in [0.1, 0.15) is 0 Å². The molecule has 0 atom stereocenters. The number of rotatable bonds is 12. The molecule has 0 saturated heterocycles. The number of nitrogens with zero attached hydrogens (tertiary/aromatic N) is 1. The van der Waals surface area contributed by atoms with E-state index < -0.39 is 0 Å². The molecule has 8 heteroatoms. The maximum Gasteiger partial charge on any atom is 0.240 e. The summed E-state index contributed by atoms with van der Waals surface area (Å²) in [6, 6.07) is 13.1. The van der Waals surface area contributed by atoms with Crippen molar-refractivity contribution in [2.75, 3.05) is 27.9 Å². The molecule has 174 valence electrons. The lowest BCUT2D eigenvalue weighted by Gasteiger charge is -2.09. The van der Waals surface area contributed by atoms with Crippen LogP contribution in [-0.2, 0) is 9.53 Å². The van der Waals surface area contributed by atoms with E-state index in [4.69, 9.17) is 14.2 Å². The van der Waals surface area contributed by atoms with Gasteiger partial charge in [-0.3, -0.25) is 9.59 Å². The fraction of sp³-hybridized carbons (Fsp3) is 0.320. The zero-order valence-electron chi connectivity index (χ0n) is 19.1. The summed E-state index contributed by atoms with van der Waals surface area (Å²) < 4.78 is 16.8. The minimum absolute atomic E-state index is 0.0341. The monoisotopic (exact) mass is 468 g/mol. The van der Waals surface area contributed by atoms with E-state index in [2.05, 4.69) is 28.0 Å². The van der Waals surface area contributed by atoms with E-state index in [0.29, 0.717) is 30.1 Å². The van der Waals surface area contributed by atoms with Crippen LogP contribution in [0.4, 0.5) is 0 Å². The van der Waals surface area contributed by atoms with Gasteiger partial charge in [-0.05, 0) is 37.1 Å². The number of Topliss-reactive ketones (excluding diaryl/α,β-unsaturated/α-hetero) is 1. The molecule has 0 saturated carbocycles. The number of hydrogen-bond donors (Lipinski definition) is 1. The summed E-state index contributed by atoms with van der Waals surface area (Å²) in [5, 5.41) is 7.58. The van der Waals surface area contributed by atoms with Crippen LogP contribution in [0.3, 0.4) is 0 Å². The summed E-state index contributed by atoms with van der Waals surface area (Å²) in [6.07, 6.45) is 1.55. The number of ether oxygens (including phenoxy) is 3. The first-order valence-electron chi connectivity index (χ1n) is 10.6. The van der Waals surface area contributed by atoms with E-state index in [1.54, 1.807) is 36.6 Å². The Morgan fingerprint density at radius 1 is 0.970 bits per heavy atom. The summed E-state index contributed by atoms with van der Waals surface area (Å²) in [5.41, 5.74) is 4.90. The van der Waals surface area contributed by atoms with Gasteiger partial charge in [-0.2, -0.15) is 5.10 Å². The van der Waals surface area contributed by atoms with Crippen molar-refractivity contribution in [3.63, 3.8) is 0 Å². The maximum absolute atomic E-state index is 12.5. The lowest BCUT2D eigenvalue weighted by atomic mass is 10.0. The van der Waals surface area contributed by atoms with Crippen LogP contribution >= 0.6 is 11.3 Å². The van der Waals surface area contributed by atoms with Crippen LogP contribution in [0.15, 0.2) is 52.9 Å². The third-order valence-electron chi connectivity index (χ3n) is 5.15. The summed E-state index contributed by atoms with van der Waals surface area (Å²) >= 11 is 1.64. The normalized spacial score (nSPS) is 11.4. The zero-order valence-corrected chi connectivity index (χ0v) is 19.9. The Balaban J connectivity index is 1.65. The van der Waals surface area contributed by atoms with Crippen LogP contribution < -0.4 is 14.9 Å². The molecule has 0 fully saturated rings. The molecule has 1 aromatic heterocycles. The van der Waals surface area contributed by atoms with Gasteiger partial charge in [0, 0.05) is 53.2 Å². The lowest BCUT2D eigenvalue weighted by molar-refractivity contribution is -0.121. The first kappa shape index (κ1) is 24.4. The van der Waals surface area contributed by atoms with E-state index in [1.807, 2.05) is 12.1 Å². The largest absolute Gasteiger partial charge is 0.493 e. The standard InChI is InChI=1S/C25H28N2O5S/c1-30-14-6-8-20(19-16-33-24-9-5-4-7-18(19)24)26-27-25(29)13-11-21(28)17-10-12-22(31-2)23(15-17)32-3/h4-5,7,9-10,12,15-16H,6,8,11,13-14H2,1-3H3,(H,27,29)/b26-20+. The van der Waals surface area contributed by atoms with E-state index in [0.717, 1.165) is 23.1 Å². The number of methoxy groups -OCH3 is 3. The molecule has 0 spiro atoms. The third kappa shape index (κ3) is 6.40. The number of ketones is 1. The highest BCUT2D eigenvalue weighted by Crippen LogP contribution is 2.28. The fourth-order valence-corrected chi connectivity index (χ4v) is 4.37. The predicted octanol–water partition coefficient (Wildman–Crippen LogP) is 4.83. The van der Waals surface area contributed by atoms with Gasteiger partial charge in [0.15, 0.2) is 17.3 Å². The Hall–Kier alpha value is -3.23. The molecule has 0 aliphatic carbocycles. The van der Waals surface area contributed by atoms with Gasteiger partial charge >= 0.3 is 0 Å². The number of carbonyl (C=O) groups is 2. The van der Waals surface area contributed by atoms with E-state index in [9.17, 15) is 9.59 Å². The Kier molecular flexibility index (Phi) is 8.97. The van der Waals surface area contributed by atoms with Gasteiger partial charge in [0.05, 0.1) is 19.9 Å². The molecule has 1 amide bonds. The fourth-order valence-electron chi connectivity index (χ4n) is 3.40. The molecule has 3 aromatic rings. The molecule has 0 unspecified atom stereocenters. The van der Waals surface area contributed by atoms with Crippen LogP contribution in [-0.4, -0.2) is 45.3 Å². The summed E-state index contributed by atoms with van der Waals surface area (Å²) in [7, 11) is 4.71. The average molecular weight is 469 g/mol. The molecule has 7 nitrogen and oxygen atoms in total. The molecular formula is C25H28N2O5S. The molecule has 0 radical (unpaired) electrons. The summed E-state index contributed by atoms with van der Waals surface area (Å²) in [5.74, 6) is 0.552. The van der Waals surface area contributed by atoms with Gasteiger partial charge in [-0.1, -0.05) is 18.2 Å². The van der Waals surface area contributed by atoms with Crippen molar-refractivity contribution < 1.29 is 23.8 Å². The number of nitrogens with one attached hydrogen (secondary N) is 1. The van der Waals surface area contributed by atoms with E-state index >= 15 is 0 Å². The Bertz CT molecular complexity index is 1140. The predicted molar refractivity (Wildman–Crippen MR) is 131 cm³/mol. The minimum atomic E-state index is -0.312. The summed E-state index contributed by atoms with van der Waals surface area (Å²) in [6.45, 7) is 0.606. The Labute approximate surface area is 197 Å². The molecule has 33 heavy (non-hydrogen) atoms. The van der Waals surface area contributed by atoms with Gasteiger partial charge < -0.3 is 14.2 Å². The van der Waals surface area contributed by atoms with Crippen molar-refractivity contribution >= 4 is 38.8 Å². The quantitative estimate of drug-likeness (QED) is 0.178. The number of amides is 1. The highest BCUT2D eigenvalue weighted by molar-refractivity contribution is 7.17. The van der Waals surface area contributed by atoms with Crippen molar-refractivity contribution in [1.82, 2.24) is 5.43 Å². The molecule has 1 heterocycles. The van der Waals surface area contributed by atoms with Crippen molar-refractivity contribution in [1.29, 1.82) is 0 Å². The van der Waals surface area contributed by atoms with Crippen LogP contribution in [0.5, 0.6) is 11.5 Å². The molecule has 0 aliphatic heterocycles. The number of fused-ring (bicyclic) bond motifs is 1. The van der Waals surface area contributed by atoms with Crippen molar-refractivity contribution in [2.45, 2.75) is 25.7 Å². The maximum atomic E-state index is 12.5. The number of hydrazone groups is 1. The number of thiophene rings is 1. The molecule has 3 rings (SSSR count). The topological polar surface area (TPSA) is 86.2 Å². The van der Waals surface area contributed by atoms with Crippen molar-refractivity contribution in [3.8, 4) is 11.5 Å². The SMILES string of the molecule is COCCC/C(=N\NC(=O)CCC(=O)c1ccc(OC)c(OC)c1)c1csc2ccccc12. The first-order chi connectivity index (χ1) is 16.1. The summed E-state index contributed by atoms with van der Waals surface area (Å²) in [4.78, 5) is 25.0. The third-order valence-corrected chi connectivity index (χ3v) is 6.12. The number of carbonyl (C=O) groups excluding carboxylic acids is 2. The first-order valence-corrected chi connectivity index (χ1v) is 11.5. The minimum Gasteiger partial charge on any atom is -0.493 e. The van der Waals surface area contributed by atoms with E-state index in [1.165, 1.54) is 18.9 Å². The lowest BCUT2D eigenvalue weighted by Crippen LogP contribution is -2.21. The highest BCUT2D eigenvalue weighted by atomic mass is 32.1. The molecule has 1 N–H and O–H groups in total. The second kappa shape index (κ2) is 12.1. The molecule has 0 bridgehead atoms. The highest BCUT2D eigenvalue weighted by Gasteiger charge is 2.14. The average Bonchev–Trinajstić information content (AvgIpc) is 3.28. The molecule has 0 aliphatic rings. The van der Waals surface area contributed by atoms with Crippen molar-refractivity contribution in [2.24, 2.45) is 5.10 Å². The van der Waals surface area contributed by atoms with Gasteiger partial charge in [0.25, 0.3) is 0 Å². The van der Waals surface area contributed by atoms with Crippen molar-refractivity contribution in [3.05, 3.63) is 59.0 Å². The Morgan fingerprint density at radius 3 is 2.52 bits per heavy atom. The number of benzene rings is 2. The Morgan fingerprint density at radius 2 is 1.76 bits per heavy atom. The number of hydrogen-bond acceptors (Lipinski definition) is 7. The zero-order chi connectivity index (χ0) is 23.6. The second-order valence-electron chi connectivity index (χ2n) is 7.33. The van der Waals surface area contributed by atoms with Gasteiger partial charge in [-0.15, -0.1) is 11.3 Å².